The number of rotatable bonds is 7. The first-order valence-corrected chi connectivity index (χ1v) is 11.7. The topological polar surface area (TPSA) is 284 Å². The van der Waals surface area contributed by atoms with E-state index in [0.29, 0.717) is 0 Å². The van der Waals surface area contributed by atoms with Crippen LogP contribution in [0.4, 0.5) is 0 Å². The first-order valence-electron chi connectivity index (χ1n) is 11.7. The molecule has 2 saturated heterocycles. The Morgan fingerprint density at radius 1 is 0.632 bits per heavy atom. The first-order chi connectivity index (χ1) is 17.6. The van der Waals surface area contributed by atoms with Gasteiger partial charge in [0, 0.05) is 14.7 Å². The van der Waals surface area contributed by atoms with Crippen molar-refractivity contribution in [1.29, 1.82) is 0 Å². The highest BCUT2D eigenvalue weighted by Gasteiger charge is 2.46. The fraction of sp³-hybridized carbons (Fsp3) is 1.00. The summed E-state index contributed by atoms with van der Waals surface area (Å²) in [6.07, 6.45) is -10.8. The molecule has 0 aromatic rings. The average Bonchev–Trinajstić information content (AvgIpc) is 2.81. The average molecular weight is 548 g/mol. The number of nitrogens with zero attached hydrogens (tertiary/aromatic N) is 9. The number of aliphatic hydroxyl groups excluding tert-OH is 5. The summed E-state index contributed by atoms with van der Waals surface area (Å²) in [4.78, 5) is 7.75. The van der Waals surface area contributed by atoms with E-state index in [9.17, 15) is 25.5 Å². The maximum absolute atomic E-state index is 10.00. The number of ether oxygens (including phenoxy) is 4. The zero-order chi connectivity index (χ0) is 29.3. The number of aliphatic hydroxyl groups is 5. The monoisotopic (exact) mass is 547 g/mol. The van der Waals surface area contributed by atoms with Crippen LogP contribution in [0.1, 0.15) is 41.5 Å². The van der Waals surface area contributed by atoms with Crippen molar-refractivity contribution in [3.05, 3.63) is 31.3 Å². The predicted molar refractivity (Wildman–Crippen MR) is 130 cm³/mol. The molecule has 38 heavy (non-hydrogen) atoms. The summed E-state index contributed by atoms with van der Waals surface area (Å²) >= 11 is 0. The van der Waals surface area contributed by atoms with Crippen molar-refractivity contribution in [2.24, 2.45) is 15.3 Å². The number of azide groups is 3. The summed E-state index contributed by atoms with van der Waals surface area (Å²) in [6.45, 7) is 10.3. The molecule has 0 bridgehead atoms. The Morgan fingerprint density at radius 2 is 1.05 bits per heavy atom. The standard InChI is InChI=1S/C10H18N6O4.C10H19N3O5/c1-10(2,3)20-9-6(14-16-12)8(18)7(17)5(19-9)4-13-15-11;1-10(2,3)18-9-8(16)7(15)6(14)5(17-9)4-12-13-11/h5-9,17-18H,4H2,1-3H3;5-9,14-16H,4H2,1-3H3/t5?,6?,7-,8+,9+;5?,6-,7-,8?,9+/m00/s1. The Labute approximate surface area is 218 Å². The minimum absolute atomic E-state index is 0.147. The second kappa shape index (κ2) is 14.6. The van der Waals surface area contributed by atoms with Crippen molar-refractivity contribution in [3.63, 3.8) is 0 Å². The SMILES string of the molecule is CC(C)(C)O[C@H]1OC(CN=[N+]=[N-])[C@H](O)[C@H](O)C1N=[N+]=[N-].CC(C)(C)O[C@H]1OC(CN=[N+]=[N-])[C@H](O)[C@H](O)C1O. The van der Waals surface area contributed by atoms with Crippen molar-refractivity contribution >= 4 is 0 Å². The molecule has 2 heterocycles. The maximum Gasteiger partial charge on any atom is 0.187 e. The van der Waals surface area contributed by atoms with Gasteiger partial charge in [-0.1, -0.05) is 15.3 Å². The molecule has 18 heteroatoms. The largest absolute Gasteiger partial charge is 0.390 e. The number of hydrogen-bond acceptors (Lipinski definition) is 12. The summed E-state index contributed by atoms with van der Waals surface area (Å²) in [7, 11) is 0. The third-order valence-corrected chi connectivity index (χ3v) is 5.11. The van der Waals surface area contributed by atoms with Gasteiger partial charge >= 0.3 is 0 Å². The number of hydrogen-bond donors (Lipinski definition) is 5. The minimum Gasteiger partial charge on any atom is -0.390 e. The van der Waals surface area contributed by atoms with E-state index in [0.717, 1.165) is 0 Å². The van der Waals surface area contributed by atoms with Crippen molar-refractivity contribution in [3.8, 4) is 0 Å². The molecule has 2 fully saturated rings. The highest BCUT2D eigenvalue weighted by atomic mass is 16.7. The van der Waals surface area contributed by atoms with E-state index in [1.165, 1.54) is 0 Å². The van der Waals surface area contributed by atoms with Crippen LogP contribution in [0, 0.1) is 0 Å². The van der Waals surface area contributed by atoms with Crippen LogP contribution in [0.3, 0.4) is 0 Å². The summed E-state index contributed by atoms with van der Waals surface area (Å²) in [5, 5.41) is 59.0. The molecule has 0 spiro atoms. The summed E-state index contributed by atoms with van der Waals surface area (Å²) < 4.78 is 21.8. The van der Waals surface area contributed by atoms with Crippen LogP contribution in [-0.2, 0) is 18.9 Å². The Hall–Kier alpha value is -2.43. The lowest BCUT2D eigenvalue weighted by Gasteiger charge is -2.42. The van der Waals surface area contributed by atoms with E-state index >= 15 is 0 Å². The molecule has 0 aromatic heterocycles. The zero-order valence-corrected chi connectivity index (χ0v) is 22.1. The van der Waals surface area contributed by atoms with Crippen molar-refractivity contribution in [1.82, 2.24) is 0 Å². The third kappa shape index (κ3) is 10.4. The van der Waals surface area contributed by atoms with Crippen LogP contribution < -0.4 is 0 Å². The zero-order valence-electron chi connectivity index (χ0n) is 22.1. The summed E-state index contributed by atoms with van der Waals surface area (Å²) in [5.74, 6) is 0. The third-order valence-electron chi connectivity index (χ3n) is 5.11. The van der Waals surface area contributed by atoms with Gasteiger partial charge in [-0.3, -0.25) is 0 Å². The van der Waals surface area contributed by atoms with Crippen molar-refractivity contribution in [2.75, 3.05) is 13.1 Å². The van der Waals surface area contributed by atoms with Crippen LogP contribution in [0.5, 0.6) is 0 Å². The Bertz CT molecular complexity index is 893. The second-order valence-corrected chi connectivity index (χ2v) is 10.5. The molecule has 10 atom stereocenters. The van der Waals surface area contributed by atoms with Gasteiger partial charge in [0.05, 0.1) is 42.6 Å². The highest BCUT2D eigenvalue weighted by Crippen LogP contribution is 2.28. The van der Waals surface area contributed by atoms with Crippen LogP contribution >= 0.6 is 0 Å². The van der Waals surface area contributed by atoms with Gasteiger partial charge in [-0.15, -0.1) is 0 Å². The molecule has 2 rings (SSSR count). The predicted octanol–water partition coefficient (Wildman–Crippen LogP) is 1.16. The van der Waals surface area contributed by atoms with Crippen molar-refractivity contribution in [2.45, 2.75) is 114 Å². The summed E-state index contributed by atoms with van der Waals surface area (Å²) in [5.41, 5.74) is 23.9. The van der Waals surface area contributed by atoms with Gasteiger partial charge in [0.2, 0.25) is 0 Å². The Morgan fingerprint density at radius 3 is 1.47 bits per heavy atom. The van der Waals surface area contributed by atoms with E-state index < -0.39 is 72.6 Å². The Kier molecular flexibility index (Phi) is 13.0. The lowest BCUT2D eigenvalue weighted by atomic mass is 9.97. The molecule has 0 saturated carbocycles. The quantitative estimate of drug-likeness (QED) is 0.173. The van der Waals surface area contributed by atoms with Gasteiger partial charge in [-0.25, -0.2) is 0 Å². The Balaban J connectivity index is 0.000000382. The molecule has 4 unspecified atom stereocenters. The fourth-order valence-electron chi connectivity index (χ4n) is 3.44. The molecule has 18 nitrogen and oxygen atoms in total. The van der Waals surface area contributed by atoms with E-state index in [1.54, 1.807) is 41.5 Å². The maximum atomic E-state index is 10.00. The van der Waals surface area contributed by atoms with Gasteiger partial charge in [0.1, 0.15) is 30.5 Å². The molecule has 5 N–H and O–H groups in total. The van der Waals surface area contributed by atoms with Crippen LogP contribution in [0.2, 0.25) is 0 Å². The molecule has 0 aliphatic carbocycles. The summed E-state index contributed by atoms with van der Waals surface area (Å²) in [6, 6.07) is -1.09. The van der Waals surface area contributed by atoms with E-state index in [2.05, 4.69) is 30.1 Å². The highest BCUT2D eigenvalue weighted by molar-refractivity contribution is 4.95. The fourth-order valence-corrected chi connectivity index (χ4v) is 3.44. The second-order valence-electron chi connectivity index (χ2n) is 10.5. The first kappa shape index (κ1) is 33.6. The molecule has 0 aromatic carbocycles. The smallest absolute Gasteiger partial charge is 0.187 e. The molecule has 2 aliphatic rings. The van der Waals surface area contributed by atoms with Crippen LogP contribution in [0.25, 0.3) is 31.3 Å². The van der Waals surface area contributed by atoms with Gasteiger partial charge in [0.15, 0.2) is 12.6 Å². The molecule has 0 amide bonds. The molecule has 216 valence electrons. The van der Waals surface area contributed by atoms with Crippen LogP contribution in [0.15, 0.2) is 15.3 Å². The van der Waals surface area contributed by atoms with Crippen molar-refractivity contribution < 1.29 is 44.5 Å². The molecular formula is C20H37N9O9. The van der Waals surface area contributed by atoms with Crippen LogP contribution in [-0.4, -0.2) is 111 Å². The lowest BCUT2D eigenvalue weighted by molar-refractivity contribution is -0.315. The van der Waals surface area contributed by atoms with E-state index in [-0.39, 0.29) is 13.1 Å². The lowest BCUT2D eigenvalue weighted by Crippen LogP contribution is -2.60. The van der Waals surface area contributed by atoms with Gasteiger partial charge in [0.25, 0.3) is 0 Å². The molecule has 2 aliphatic heterocycles. The van der Waals surface area contributed by atoms with Gasteiger partial charge in [-0.05, 0) is 58.1 Å². The van der Waals surface area contributed by atoms with E-state index in [1.807, 2.05) is 0 Å². The minimum atomic E-state index is -1.41. The van der Waals surface area contributed by atoms with Gasteiger partial charge < -0.3 is 44.5 Å². The molecular weight excluding hydrogens is 510 g/mol. The molecule has 0 radical (unpaired) electrons. The normalized spacial score (nSPS) is 35.4. The van der Waals surface area contributed by atoms with E-state index in [4.69, 9.17) is 35.5 Å². The van der Waals surface area contributed by atoms with Gasteiger partial charge in [-0.2, -0.15) is 0 Å².